The Kier molecular flexibility index (Phi) is 5.99. The summed E-state index contributed by atoms with van der Waals surface area (Å²) in [5.41, 5.74) is 3.57. The number of nitrogens with one attached hydrogen (secondary N) is 1. The number of urea groups is 1. The summed E-state index contributed by atoms with van der Waals surface area (Å²) in [5, 5.41) is 3.70. The van der Waals surface area contributed by atoms with Crippen LogP contribution in [0.4, 0.5) is 16.2 Å². The minimum absolute atomic E-state index is 0.0346. The first-order valence-corrected chi connectivity index (χ1v) is 13.4. The van der Waals surface area contributed by atoms with E-state index in [1.807, 2.05) is 42.2 Å². The Morgan fingerprint density at radius 2 is 1.84 bits per heavy atom. The van der Waals surface area contributed by atoms with Crippen molar-refractivity contribution in [2.24, 2.45) is 0 Å². The third-order valence-electron chi connectivity index (χ3n) is 7.83. The number of carbonyl (C=O) groups excluding carboxylic acids is 2. The van der Waals surface area contributed by atoms with Crippen molar-refractivity contribution in [2.45, 2.75) is 45.0 Å². The normalized spacial score (nSPS) is 24.4. The van der Waals surface area contributed by atoms with Gasteiger partial charge >= 0.3 is 6.03 Å². The number of amides is 3. The van der Waals surface area contributed by atoms with Crippen LogP contribution in [0.5, 0.6) is 5.75 Å². The fourth-order valence-electron chi connectivity index (χ4n) is 6.03. The predicted octanol–water partition coefficient (Wildman–Crippen LogP) is 5.77. The number of piperazine rings is 1. The van der Waals surface area contributed by atoms with Crippen molar-refractivity contribution in [1.29, 1.82) is 0 Å². The predicted molar refractivity (Wildman–Crippen MR) is 149 cm³/mol. The zero-order valence-corrected chi connectivity index (χ0v) is 22.5. The summed E-state index contributed by atoms with van der Waals surface area (Å²) < 4.78 is 6.38. The number of carbonyl (C=O) groups is 2. The first-order valence-electron chi connectivity index (χ1n) is 13.0. The number of hydrogen-bond donors (Lipinski definition) is 1. The molecule has 196 valence electrons. The summed E-state index contributed by atoms with van der Waals surface area (Å²) in [5.74, 6) is 0.665. The summed E-state index contributed by atoms with van der Waals surface area (Å²) in [7, 11) is 0. The van der Waals surface area contributed by atoms with Crippen LogP contribution < -0.4 is 19.9 Å². The molecule has 0 aliphatic carbocycles. The highest BCUT2D eigenvalue weighted by Gasteiger charge is 2.50. The van der Waals surface area contributed by atoms with Crippen molar-refractivity contribution in [3.63, 3.8) is 0 Å². The number of ether oxygens (including phenoxy) is 1. The number of fused-ring (bicyclic) bond motifs is 4. The summed E-state index contributed by atoms with van der Waals surface area (Å²) in [6.07, 6.45) is 0.558. The van der Waals surface area contributed by atoms with Gasteiger partial charge in [-0.2, -0.15) is 0 Å². The van der Waals surface area contributed by atoms with Gasteiger partial charge < -0.3 is 19.9 Å². The molecule has 3 aliphatic heterocycles. The molecule has 2 bridgehead atoms. The average Bonchev–Trinajstić information content (AvgIpc) is 2.88. The van der Waals surface area contributed by atoms with Crippen molar-refractivity contribution in [1.82, 2.24) is 10.2 Å². The van der Waals surface area contributed by atoms with Crippen molar-refractivity contribution >= 4 is 34.9 Å². The fraction of sp³-hybridized carbons (Fsp3) is 0.333. The lowest BCUT2D eigenvalue weighted by atomic mass is 9.90. The number of anilines is 2. The zero-order valence-electron chi connectivity index (χ0n) is 21.8. The monoisotopic (exact) mass is 530 g/mol. The summed E-state index contributed by atoms with van der Waals surface area (Å²) in [6.45, 7) is 8.19. The second-order valence-corrected chi connectivity index (χ2v) is 11.1. The minimum atomic E-state index is -0.899. The number of aryl methyl sites for hydroxylation is 1. The van der Waals surface area contributed by atoms with Gasteiger partial charge in [-0.3, -0.25) is 9.69 Å². The molecule has 3 unspecified atom stereocenters. The third-order valence-corrected chi connectivity index (χ3v) is 8.07. The largest absolute Gasteiger partial charge is 0.467 e. The Hall–Kier alpha value is -3.71. The highest BCUT2D eigenvalue weighted by Crippen LogP contribution is 2.46. The molecule has 3 aromatic rings. The lowest BCUT2D eigenvalue weighted by molar-refractivity contribution is 0.0378. The summed E-state index contributed by atoms with van der Waals surface area (Å²) in [6, 6.07) is 21.0. The van der Waals surface area contributed by atoms with E-state index in [2.05, 4.69) is 48.3 Å². The highest BCUT2D eigenvalue weighted by molar-refractivity contribution is 6.30. The van der Waals surface area contributed by atoms with Crippen LogP contribution in [-0.4, -0.2) is 48.2 Å². The van der Waals surface area contributed by atoms with Gasteiger partial charge in [0.1, 0.15) is 5.75 Å². The Balaban J connectivity index is 1.23. The third kappa shape index (κ3) is 4.25. The van der Waals surface area contributed by atoms with E-state index in [4.69, 9.17) is 16.3 Å². The Labute approximate surface area is 227 Å². The van der Waals surface area contributed by atoms with E-state index in [0.717, 1.165) is 12.1 Å². The maximum Gasteiger partial charge on any atom is 0.325 e. The molecule has 1 N–H and O–H groups in total. The van der Waals surface area contributed by atoms with Crippen LogP contribution in [-0.2, 0) is 0 Å². The highest BCUT2D eigenvalue weighted by atomic mass is 35.5. The molecule has 0 aromatic heterocycles. The molecule has 2 saturated heterocycles. The minimum Gasteiger partial charge on any atom is -0.467 e. The molecule has 0 radical (unpaired) electrons. The fourth-order valence-corrected chi connectivity index (χ4v) is 6.21. The Bertz CT molecular complexity index is 1430. The second kappa shape index (κ2) is 9.24. The molecular formula is C30H31ClN4O3. The van der Waals surface area contributed by atoms with E-state index in [9.17, 15) is 9.59 Å². The van der Waals surface area contributed by atoms with Gasteiger partial charge in [0, 0.05) is 53.9 Å². The molecule has 3 amide bonds. The van der Waals surface area contributed by atoms with Gasteiger partial charge in [-0.05, 0) is 74.9 Å². The number of nitrogens with zero attached hydrogens (tertiary/aromatic N) is 3. The van der Waals surface area contributed by atoms with E-state index in [-0.39, 0.29) is 24.0 Å². The van der Waals surface area contributed by atoms with Gasteiger partial charge in [0.05, 0.1) is 11.7 Å². The Morgan fingerprint density at radius 3 is 2.63 bits per heavy atom. The van der Waals surface area contributed by atoms with Crippen LogP contribution in [0.3, 0.4) is 0 Å². The van der Waals surface area contributed by atoms with Crippen LogP contribution in [0.2, 0.25) is 5.02 Å². The van der Waals surface area contributed by atoms with Gasteiger partial charge in [-0.15, -0.1) is 0 Å². The van der Waals surface area contributed by atoms with Crippen LogP contribution in [0, 0.1) is 6.92 Å². The zero-order chi connectivity index (χ0) is 26.6. The number of rotatable bonds is 3. The van der Waals surface area contributed by atoms with Gasteiger partial charge in [0.25, 0.3) is 5.91 Å². The van der Waals surface area contributed by atoms with Crippen LogP contribution >= 0.6 is 11.6 Å². The van der Waals surface area contributed by atoms with Crippen molar-refractivity contribution in [2.75, 3.05) is 29.4 Å². The molecule has 7 nitrogen and oxygen atoms in total. The van der Waals surface area contributed by atoms with Crippen LogP contribution in [0.25, 0.3) is 0 Å². The molecule has 0 spiro atoms. The molecule has 2 fully saturated rings. The van der Waals surface area contributed by atoms with Crippen LogP contribution in [0.15, 0.2) is 66.7 Å². The van der Waals surface area contributed by atoms with Crippen molar-refractivity contribution < 1.29 is 14.3 Å². The standard InChI is InChI=1S/C30H31ClN4O3/c1-19-6-4-8-23(14-19)34-13-12-33(18-20(34)2)28(36)21-7-5-9-24(15-21)35-29(37)32-26-17-30(35,3)38-27-11-10-22(31)16-25(26)27/h4-11,14-16,20,26H,12-13,17-18H2,1-3H3,(H,32,37). The smallest absolute Gasteiger partial charge is 0.325 e. The molecular weight excluding hydrogens is 500 g/mol. The van der Waals surface area contributed by atoms with Gasteiger partial charge in [-0.25, -0.2) is 4.79 Å². The average molecular weight is 531 g/mol. The first-order chi connectivity index (χ1) is 18.2. The van der Waals surface area contributed by atoms with Gasteiger partial charge in [0.15, 0.2) is 5.72 Å². The Morgan fingerprint density at radius 1 is 1.05 bits per heavy atom. The lowest BCUT2D eigenvalue weighted by Crippen LogP contribution is -2.65. The molecule has 8 heteroatoms. The second-order valence-electron chi connectivity index (χ2n) is 10.7. The molecule has 3 atom stereocenters. The quantitative estimate of drug-likeness (QED) is 0.467. The van der Waals surface area contributed by atoms with Crippen molar-refractivity contribution in [3.05, 3.63) is 88.4 Å². The maximum absolute atomic E-state index is 13.6. The molecule has 3 aromatic carbocycles. The van der Waals surface area contributed by atoms with Crippen LogP contribution in [0.1, 0.15) is 47.8 Å². The van der Waals surface area contributed by atoms with Crippen molar-refractivity contribution in [3.8, 4) is 5.75 Å². The van der Waals surface area contributed by atoms with E-state index in [0.29, 0.717) is 41.5 Å². The van der Waals surface area contributed by atoms with Gasteiger partial charge in [-0.1, -0.05) is 29.8 Å². The van der Waals surface area contributed by atoms with E-state index < -0.39 is 5.72 Å². The maximum atomic E-state index is 13.6. The molecule has 0 saturated carbocycles. The summed E-state index contributed by atoms with van der Waals surface area (Å²) in [4.78, 5) is 32.8. The van der Waals surface area contributed by atoms with E-state index in [1.54, 1.807) is 17.0 Å². The molecule has 6 rings (SSSR count). The van der Waals surface area contributed by atoms with E-state index in [1.165, 1.54) is 11.3 Å². The van der Waals surface area contributed by atoms with E-state index >= 15 is 0 Å². The topological polar surface area (TPSA) is 65.1 Å². The molecule has 3 aliphatic rings. The molecule has 38 heavy (non-hydrogen) atoms. The number of hydrogen-bond acceptors (Lipinski definition) is 4. The number of benzene rings is 3. The SMILES string of the molecule is Cc1cccc(N2CCN(C(=O)c3cccc(N4C(=O)NC5CC4(C)Oc4ccc(Cl)cc45)c3)CC2C)c1. The first kappa shape index (κ1) is 24.6. The number of halogens is 1. The molecule has 3 heterocycles. The van der Waals surface area contributed by atoms with Gasteiger partial charge in [0.2, 0.25) is 0 Å². The lowest BCUT2D eigenvalue weighted by Gasteiger charge is -2.50. The summed E-state index contributed by atoms with van der Waals surface area (Å²) >= 11 is 6.20.